The molecular weight excluding hydrogens is 102 g/mol. The van der Waals surface area contributed by atoms with E-state index in [1.807, 2.05) is 19.1 Å². The Labute approximate surface area is 48.3 Å². The Bertz CT molecular complexity index is 169. The van der Waals surface area contributed by atoms with Crippen LogP contribution in [-0.4, -0.2) is 0 Å². The van der Waals surface area contributed by atoms with Gasteiger partial charge in [0.2, 0.25) is 0 Å². The van der Waals surface area contributed by atoms with E-state index >= 15 is 0 Å². The van der Waals surface area contributed by atoms with Crippen LogP contribution in [0.1, 0.15) is 11.5 Å². The van der Waals surface area contributed by atoms with Crippen LogP contribution in [-0.2, 0) is 6.54 Å². The molecule has 0 unspecified atom stereocenters. The topological polar surface area (TPSA) is 40.8 Å². The van der Waals surface area contributed by atoms with Crippen molar-refractivity contribution >= 4 is 0 Å². The molecule has 0 aliphatic carbocycles. The Kier molecular flexibility index (Phi) is 1.35. The van der Waals surface area contributed by atoms with Gasteiger partial charge in [-0.25, -0.2) is 0 Å². The minimum Gasteiger partial charge on any atom is -0.460 e. The van der Waals surface area contributed by atoms with Gasteiger partial charge >= 0.3 is 0 Å². The van der Waals surface area contributed by atoms with E-state index in [1.165, 1.54) is 0 Å². The van der Waals surface area contributed by atoms with E-state index in [2.05, 4.69) is 5.73 Å². The van der Waals surface area contributed by atoms with Gasteiger partial charge in [0.05, 0.1) is 0 Å². The van der Waals surface area contributed by atoms with Crippen LogP contribution in [0.15, 0.2) is 16.5 Å². The Balaban J connectivity index is 2.84. The van der Waals surface area contributed by atoms with Gasteiger partial charge in [-0.2, -0.15) is 0 Å². The normalized spacial score (nSPS) is 9.75. The Morgan fingerprint density at radius 2 is 2.38 bits per heavy atom. The van der Waals surface area contributed by atoms with Crippen molar-refractivity contribution in [3.63, 3.8) is 0 Å². The smallest absolute Gasteiger partial charge is 0.158 e. The Hall–Kier alpha value is -0.760. The van der Waals surface area contributed by atoms with Crippen molar-refractivity contribution in [2.24, 2.45) is 0 Å². The van der Waals surface area contributed by atoms with E-state index in [9.17, 15) is 0 Å². The third kappa shape index (κ3) is 0.898. The lowest BCUT2D eigenvalue weighted by Crippen LogP contribution is -2.47. The fourth-order valence-corrected chi connectivity index (χ4v) is 0.619. The summed E-state index contributed by atoms with van der Waals surface area (Å²) in [7, 11) is 0. The zero-order valence-electron chi connectivity index (χ0n) is 4.98. The quantitative estimate of drug-likeness (QED) is 0.558. The molecule has 0 saturated heterocycles. The number of rotatable bonds is 1. The lowest BCUT2D eigenvalue weighted by molar-refractivity contribution is -0.390. The Morgan fingerprint density at radius 3 is 2.62 bits per heavy atom. The summed E-state index contributed by atoms with van der Waals surface area (Å²) in [5.41, 5.74) is 3.68. The van der Waals surface area contributed by atoms with Crippen LogP contribution in [0, 0.1) is 6.92 Å². The molecule has 0 aromatic carbocycles. The first-order valence-electron chi connectivity index (χ1n) is 2.67. The maximum atomic E-state index is 5.17. The van der Waals surface area contributed by atoms with Gasteiger partial charge in [-0.05, 0) is 19.1 Å². The molecular formula is C6H10NO+. The largest absolute Gasteiger partial charge is 0.460 e. The monoisotopic (exact) mass is 112 g/mol. The zero-order valence-corrected chi connectivity index (χ0v) is 4.98. The molecule has 0 radical (unpaired) electrons. The number of hydrogen-bond acceptors (Lipinski definition) is 1. The second kappa shape index (κ2) is 2.01. The predicted octanol–water partition coefficient (Wildman–Crippen LogP) is 0.330. The van der Waals surface area contributed by atoms with E-state index in [0.717, 1.165) is 18.1 Å². The second-order valence-electron chi connectivity index (χ2n) is 1.76. The van der Waals surface area contributed by atoms with Gasteiger partial charge in [-0.15, -0.1) is 0 Å². The third-order valence-electron chi connectivity index (χ3n) is 1.04. The molecule has 1 aromatic heterocycles. The van der Waals surface area contributed by atoms with Crippen molar-refractivity contribution in [3.8, 4) is 0 Å². The van der Waals surface area contributed by atoms with E-state index < -0.39 is 0 Å². The number of quaternary nitrogens is 1. The highest BCUT2D eigenvalue weighted by Gasteiger charge is 1.93. The van der Waals surface area contributed by atoms with Gasteiger partial charge in [0, 0.05) is 0 Å². The average molecular weight is 112 g/mol. The summed E-state index contributed by atoms with van der Waals surface area (Å²) >= 11 is 0. The molecule has 1 rings (SSSR count). The molecule has 2 nitrogen and oxygen atoms in total. The van der Waals surface area contributed by atoms with Crippen LogP contribution in [0.3, 0.4) is 0 Å². The maximum absolute atomic E-state index is 5.17. The van der Waals surface area contributed by atoms with Crippen molar-refractivity contribution in [1.82, 2.24) is 0 Å². The number of hydrogen-bond donors (Lipinski definition) is 1. The molecule has 0 spiro atoms. The highest BCUT2D eigenvalue weighted by molar-refractivity contribution is 5.03. The highest BCUT2D eigenvalue weighted by Crippen LogP contribution is 2.02. The lowest BCUT2D eigenvalue weighted by Gasteiger charge is -1.81. The zero-order chi connectivity index (χ0) is 5.98. The standard InChI is InChI=1S/C6H9NO/c1-5-2-3-6(4-7)8-5/h2-3H,4,7H2,1H3/p+1. The first-order chi connectivity index (χ1) is 3.83. The second-order valence-corrected chi connectivity index (χ2v) is 1.76. The molecule has 0 aliphatic heterocycles. The first kappa shape index (κ1) is 5.38. The third-order valence-corrected chi connectivity index (χ3v) is 1.04. The fourth-order valence-electron chi connectivity index (χ4n) is 0.619. The van der Waals surface area contributed by atoms with Crippen molar-refractivity contribution < 1.29 is 10.2 Å². The summed E-state index contributed by atoms with van der Waals surface area (Å²) in [6.07, 6.45) is 0. The molecule has 3 N–H and O–H groups in total. The van der Waals surface area contributed by atoms with Gasteiger partial charge in [0.1, 0.15) is 12.3 Å². The molecule has 0 saturated carbocycles. The SMILES string of the molecule is Cc1ccc(C[NH3+])o1. The van der Waals surface area contributed by atoms with Crippen molar-refractivity contribution in [3.05, 3.63) is 23.7 Å². The molecule has 2 heteroatoms. The molecule has 1 aromatic rings. The highest BCUT2D eigenvalue weighted by atomic mass is 16.3. The van der Waals surface area contributed by atoms with Crippen LogP contribution in [0.5, 0.6) is 0 Å². The van der Waals surface area contributed by atoms with Crippen molar-refractivity contribution in [2.45, 2.75) is 13.5 Å². The van der Waals surface area contributed by atoms with Crippen molar-refractivity contribution in [2.75, 3.05) is 0 Å². The molecule has 0 bridgehead atoms. The van der Waals surface area contributed by atoms with Gasteiger partial charge in [0.25, 0.3) is 0 Å². The molecule has 44 valence electrons. The van der Waals surface area contributed by atoms with E-state index in [0.29, 0.717) is 0 Å². The minimum atomic E-state index is 0.744. The summed E-state index contributed by atoms with van der Waals surface area (Å²) in [4.78, 5) is 0. The lowest BCUT2D eigenvalue weighted by atomic mass is 10.4. The first-order valence-corrected chi connectivity index (χ1v) is 2.67. The maximum Gasteiger partial charge on any atom is 0.158 e. The van der Waals surface area contributed by atoms with Crippen molar-refractivity contribution in [1.29, 1.82) is 0 Å². The fraction of sp³-hybridized carbons (Fsp3) is 0.333. The molecule has 1 heterocycles. The predicted molar refractivity (Wildman–Crippen MR) is 30.0 cm³/mol. The van der Waals surface area contributed by atoms with Crippen LogP contribution in [0.25, 0.3) is 0 Å². The molecule has 0 aliphatic rings. The molecule has 0 fully saturated rings. The van der Waals surface area contributed by atoms with Gasteiger partial charge in [-0.1, -0.05) is 0 Å². The van der Waals surface area contributed by atoms with Crippen LogP contribution in [0.4, 0.5) is 0 Å². The van der Waals surface area contributed by atoms with Crippen LogP contribution < -0.4 is 5.73 Å². The van der Waals surface area contributed by atoms with E-state index in [-0.39, 0.29) is 0 Å². The number of aryl methyl sites for hydroxylation is 1. The van der Waals surface area contributed by atoms with Gasteiger partial charge < -0.3 is 10.2 Å². The summed E-state index contributed by atoms with van der Waals surface area (Å²) in [6.45, 7) is 2.67. The Morgan fingerprint density at radius 1 is 1.62 bits per heavy atom. The number of furan rings is 1. The van der Waals surface area contributed by atoms with Crippen LogP contribution >= 0.6 is 0 Å². The molecule has 8 heavy (non-hydrogen) atoms. The minimum absolute atomic E-state index is 0.744. The molecule has 0 amide bonds. The summed E-state index contributed by atoms with van der Waals surface area (Å²) in [5.74, 6) is 1.92. The molecule has 0 atom stereocenters. The van der Waals surface area contributed by atoms with Gasteiger partial charge in [0.15, 0.2) is 5.76 Å². The average Bonchev–Trinajstić information content (AvgIpc) is 2.14. The summed E-state index contributed by atoms with van der Waals surface area (Å²) in [6, 6.07) is 3.89. The van der Waals surface area contributed by atoms with Gasteiger partial charge in [-0.3, -0.25) is 0 Å². The van der Waals surface area contributed by atoms with Crippen LogP contribution in [0.2, 0.25) is 0 Å². The summed E-state index contributed by atoms with van der Waals surface area (Å²) in [5, 5.41) is 0. The van der Waals surface area contributed by atoms with E-state index in [1.54, 1.807) is 0 Å². The summed E-state index contributed by atoms with van der Waals surface area (Å²) < 4.78 is 5.17. The van der Waals surface area contributed by atoms with E-state index in [4.69, 9.17) is 4.42 Å².